The number of aryl methyl sites for hydroxylation is 1. The quantitative estimate of drug-likeness (QED) is 0.452. The van der Waals surface area contributed by atoms with Crippen LogP contribution < -0.4 is 10.1 Å². The van der Waals surface area contributed by atoms with E-state index in [0.717, 1.165) is 16.8 Å². The van der Waals surface area contributed by atoms with Crippen molar-refractivity contribution in [2.24, 2.45) is 0 Å². The molecule has 1 heterocycles. The van der Waals surface area contributed by atoms with Gasteiger partial charge >= 0.3 is 0 Å². The molecule has 0 fully saturated rings. The molecule has 1 aliphatic heterocycles. The summed E-state index contributed by atoms with van der Waals surface area (Å²) in [5, 5.41) is 3.82. The topological polar surface area (TPSA) is 58.6 Å². The third-order valence-electron chi connectivity index (χ3n) is 5.54. The summed E-state index contributed by atoms with van der Waals surface area (Å²) in [5.41, 5.74) is 3.95. The molecule has 6 heteroatoms. The molecule has 3 aromatic rings. The van der Waals surface area contributed by atoms with Gasteiger partial charge in [-0.2, -0.15) is 0 Å². The number of hydrogen-bond donors (Lipinski definition) is 1. The van der Waals surface area contributed by atoms with Gasteiger partial charge in [0.05, 0.1) is 12.2 Å². The fraction of sp³-hybridized carbons (Fsp3) is 0.185. The van der Waals surface area contributed by atoms with Gasteiger partial charge in [0.15, 0.2) is 0 Å². The van der Waals surface area contributed by atoms with Crippen molar-refractivity contribution in [3.63, 3.8) is 0 Å². The van der Waals surface area contributed by atoms with Crippen LogP contribution in [0, 0.1) is 6.92 Å². The van der Waals surface area contributed by atoms with E-state index in [-0.39, 0.29) is 17.5 Å². The van der Waals surface area contributed by atoms with Gasteiger partial charge in [-0.3, -0.25) is 14.5 Å². The standard InChI is InChI=1S/C27H25ClN2O3/c1-3-33-22-12-9-20(10-13-22)24-25(29-23-14-11-21(28)17-18(23)2)27(32)30(26(24)31)16-15-19-7-5-4-6-8-19/h4-14,17,29H,3,15-16H2,1-2H3. The lowest BCUT2D eigenvalue weighted by Gasteiger charge is -2.16. The maximum Gasteiger partial charge on any atom is 0.278 e. The van der Waals surface area contributed by atoms with Crippen LogP contribution in [-0.4, -0.2) is 29.9 Å². The molecule has 5 nitrogen and oxygen atoms in total. The number of imide groups is 1. The summed E-state index contributed by atoms with van der Waals surface area (Å²) in [5.74, 6) is 0.0611. The van der Waals surface area contributed by atoms with E-state index in [9.17, 15) is 9.59 Å². The fourth-order valence-corrected chi connectivity index (χ4v) is 4.06. The minimum atomic E-state index is -0.339. The van der Waals surface area contributed by atoms with Crippen molar-refractivity contribution < 1.29 is 14.3 Å². The lowest BCUT2D eigenvalue weighted by atomic mass is 10.0. The summed E-state index contributed by atoms with van der Waals surface area (Å²) in [4.78, 5) is 28.2. The molecule has 2 amide bonds. The summed E-state index contributed by atoms with van der Waals surface area (Å²) >= 11 is 6.09. The summed E-state index contributed by atoms with van der Waals surface area (Å²) in [6.45, 7) is 4.67. The summed E-state index contributed by atoms with van der Waals surface area (Å²) in [7, 11) is 0. The normalized spacial score (nSPS) is 13.6. The molecule has 1 aliphatic rings. The zero-order valence-electron chi connectivity index (χ0n) is 18.6. The number of anilines is 1. The Morgan fingerprint density at radius 2 is 1.67 bits per heavy atom. The highest BCUT2D eigenvalue weighted by Gasteiger charge is 2.39. The van der Waals surface area contributed by atoms with E-state index in [4.69, 9.17) is 16.3 Å². The lowest BCUT2D eigenvalue weighted by Crippen LogP contribution is -2.34. The molecular formula is C27H25ClN2O3. The van der Waals surface area contributed by atoms with E-state index in [1.54, 1.807) is 18.2 Å². The van der Waals surface area contributed by atoms with E-state index in [2.05, 4.69) is 5.32 Å². The number of amides is 2. The average Bonchev–Trinajstić information content (AvgIpc) is 3.04. The van der Waals surface area contributed by atoms with Gasteiger partial charge in [-0.1, -0.05) is 54.1 Å². The molecule has 0 saturated carbocycles. The number of carbonyl (C=O) groups excluding carboxylic acids is 2. The third kappa shape index (κ3) is 4.94. The van der Waals surface area contributed by atoms with E-state index in [1.807, 2.05) is 68.4 Å². The molecule has 0 unspecified atom stereocenters. The first-order valence-corrected chi connectivity index (χ1v) is 11.3. The van der Waals surface area contributed by atoms with E-state index >= 15 is 0 Å². The Hall–Kier alpha value is -3.57. The zero-order chi connectivity index (χ0) is 23.4. The Kier molecular flexibility index (Phi) is 6.80. The lowest BCUT2D eigenvalue weighted by molar-refractivity contribution is -0.136. The first kappa shape index (κ1) is 22.6. The molecule has 3 aromatic carbocycles. The van der Waals surface area contributed by atoms with Crippen LogP contribution in [0.15, 0.2) is 78.5 Å². The Morgan fingerprint density at radius 1 is 0.939 bits per heavy atom. The van der Waals surface area contributed by atoms with Crippen LogP contribution in [0.5, 0.6) is 5.75 Å². The van der Waals surface area contributed by atoms with Crippen molar-refractivity contribution in [2.75, 3.05) is 18.5 Å². The number of nitrogens with zero attached hydrogens (tertiary/aromatic N) is 1. The number of rotatable bonds is 8. The van der Waals surface area contributed by atoms with Crippen LogP contribution in [-0.2, 0) is 16.0 Å². The Labute approximate surface area is 198 Å². The second-order valence-corrected chi connectivity index (χ2v) is 8.23. The van der Waals surface area contributed by atoms with Gasteiger partial charge in [-0.15, -0.1) is 0 Å². The Morgan fingerprint density at radius 3 is 2.33 bits per heavy atom. The fourth-order valence-electron chi connectivity index (χ4n) is 3.83. The van der Waals surface area contributed by atoms with Crippen molar-refractivity contribution in [3.05, 3.63) is 100 Å². The second-order valence-electron chi connectivity index (χ2n) is 7.79. The van der Waals surface area contributed by atoms with Crippen molar-refractivity contribution in [2.45, 2.75) is 20.3 Å². The second kappa shape index (κ2) is 9.92. The minimum absolute atomic E-state index is 0.266. The molecule has 0 spiro atoms. The van der Waals surface area contributed by atoms with E-state index in [0.29, 0.717) is 41.5 Å². The maximum atomic E-state index is 13.4. The smallest absolute Gasteiger partial charge is 0.278 e. The highest BCUT2D eigenvalue weighted by Crippen LogP contribution is 2.32. The van der Waals surface area contributed by atoms with Crippen molar-refractivity contribution >= 4 is 34.7 Å². The monoisotopic (exact) mass is 460 g/mol. The predicted molar refractivity (Wildman–Crippen MR) is 131 cm³/mol. The summed E-state index contributed by atoms with van der Waals surface area (Å²) < 4.78 is 5.52. The van der Waals surface area contributed by atoms with E-state index in [1.165, 1.54) is 4.90 Å². The summed E-state index contributed by atoms with van der Waals surface area (Å²) in [6.07, 6.45) is 0.585. The number of halogens is 1. The third-order valence-corrected chi connectivity index (χ3v) is 5.77. The van der Waals surface area contributed by atoms with Gasteiger partial charge in [0.25, 0.3) is 11.8 Å². The van der Waals surface area contributed by atoms with Crippen LogP contribution in [0.3, 0.4) is 0 Å². The number of carbonyl (C=O) groups is 2. The Bertz CT molecular complexity index is 1200. The van der Waals surface area contributed by atoms with Gasteiger partial charge in [-0.05, 0) is 67.3 Å². The number of benzene rings is 3. The minimum Gasteiger partial charge on any atom is -0.494 e. The van der Waals surface area contributed by atoms with E-state index < -0.39 is 0 Å². The molecule has 0 aliphatic carbocycles. The van der Waals surface area contributed by atoms with Gasteiger partial charge in [0, 0.05) is 17.3 Å². The predicted octanol–water partition coefficient (Wildman–Crippen LogP) is 5.48. The Balaban J connectivity index is 1.68. The number of nitrogens with one attached hydrogen (secondary N) is 1. The number of ether oxygens (including phenoxy) is 1. The molecular weight excluding hydrogens is 436 g/mol. The summed E-state index contributed by atoms with van der Waals surface area (Å²) in [6, 6.07) is 22.4. The first-order chi connectivity index (χ1) is 16.0. The average molecular weight is 461 g/mol. The van der Waals surface area contributed by atoms with Crippen LogP contribution in [0.1, 0.15) is 23.6 Å². The van der Waals surface area contributed by atoms with Crippen LogP contribution in [0.4, 0.5) is 5.69 Å². The van der Waals surface area contributed by atoms with Crippen molar-refractivity contribution in [1.29, 1.82) is 0 Å². The molecule has 0 saturated heterocycles. The molecule has 0 bridgehead atoms. The molecule has 1 N–H and O–H groups in total. The van der Waals surface area contributed by atoms with Gasteiger partial charge in [0.2, 0.25) is 0 Å². The highest BCUT2D eigenvalue weighted by atomic mass is 35.5. The SMILES string of the molecule is CCOc1ccc(C2=C(Nc3ccc(Cl)cc3C)C(=O)N(CCc3ccccc3)C2=O)cc1. The maximum absolute atomic E-state index is 13.4. The molecule has 4 rings (SSSR count). The molecule has 33 heavy (non-hydrogen) atoms. The first-order valence-electron chi connectivity index (χ1n) is 10.9. The molecule has 0 radical (unpaired) electrons. The highest BCUT2D eigenvalue weighted by molar-refractivity contribution is 6.36. The molecule has 0 aromatic heterocycles. The van der Waals surface area contributed by atoms with Gasteiger partial charge < -0.3 is 10.1 Å². The molecule has 0 atom stereocenters. The van der Waals surface area contributed by atoms with Crippen molar-refractivity contribution in [3.8, 4) is 5.75 Å². The van der Waals surface area contributed by atoms with Crippen molar-refractivity contribution in [1.82, 2.24) is 4.90 Å². The largest absolute Gasteiger partial charge is 0.494 e. The zero-order valence-corrected chi connectivity index (χ0v) is 19.4. The molecule has 168 valence electrons. The van der Waals surface area contributed by atoms with Gasteiger partial charge in [-0.25, -0.2) is 0 Å². The number of hydrogen-bond acceptors (Lipinski definition) is 4. The van der Waals surface area contributed by atoms with Crippen LogP contribution in [0.2, 0.25) is 5.02 Å². The van der Waals surface area contributed by atoms with Gasteiger partial charge in [0.1, 0.15) is 11.4 Å². The van der Waals surface area contributed by atoms with Crippen LogP contribution >= 0.6 is 11.6 Å². The van der Waals surface area contributed by atoms with Crippen LogP contribution in [0.25, 0.3) is 5.57 Å².